The number of furan rings is 1. The van der Waals surface area contributed by atoms with Crippen LogP contribution in [0.2, 0.25) is 0 Å². The van der Waals surface area contributed by atoms with Crippen molar-refractivity contribution in [1.82, 2.24) is 0 Å². The Hall–Kier alpha value is -1.61. The van der Waals surface area contributed by atoms with E-state index in [9.17, 15) is 4.79 Å². The molecule has 1 unspecified atom stereocenters. The fourth-order valence-corrected chi connectivity index (χ4v) is 2.25. The van der Waals surface area contributed by atoms with E-state index < -0.39 is 0 Å². The maximum atomic E-state index is 12.4. The van der Waals surface area contributed by atoms with Gasteiger partial charge in [0, 0.05) is 12.0 Å². The summed E-state index contributed by atoms with van der Waals surface area (Å²) >= 11 is 0. The molecule has 0 radical (unpaired) electrons. The number of ether oxygens (including phenoxy) is 1. The fraction of sp³-hybridized carbons (Fsp3) is 0.400. The van der Waals surface area contributed by atoms with Crippen LogP contribution >= 0.6 is 0 Å². The molecule has 0 spiro atoms. The lowest BCUT2D eigenvalue weighted by atomic mass is 10.1. The molecule has 0 bridgehead atoms. The zero-order valence-electron chi connectivity index (χ0n) is 10.4. The summed E-state index contributed by atoms with van der Waals surface area (Å²) in [6.45, 7) is 2.48. The van der Waals surface area contributed by atoms with Crippen LogP contribution in [0.1, 0.15) is 30.3 Å². The molecule has 0 aliphatic heterocycles. The quantitative estimate of drug-likeness (QED) is 0.756. The minimum absolute atomic E-state index is 0.0180. The average molecular weight is 244 g/mol. The van der Waals surface area contributed by atoms with Gasteiger partial charge in [-0.25, -0.2) is 0 Å². The highest BCUT2D eigenvalue weighted by atomic mass is 16.5. The number of carbonyl (C=O) groups is 1. The molecule has 1 heterocycles. The molecule has 18 heavy (non-hydrogen) atoms. The van der Waals surface area contributed by atoms with Gasteiger partial charge in [0.2, 0.25) is 5.78 Å². The minimum atomic E-state index is -0.324. The first-order valence-electron chi connectivity index (χ1n) is 6.44. The number of Topliss-reactive ketones (excluding diaryl/α,β-unsaturated/α-hetero) is 1. The van der Waals surface area contributed by atoms with Gasteiger partial charge in [-0.05, 0) is 37.8 Å². The molecule has 0 amide bonds. The Balaban J connectivity index is 1.90. The van der Waals surface area contributed by atoms with E-state index in [1.807, 2.05) is 37.3 Å². The predicted octanol–water partition coefficient (Wildman–Crippen LogP) is 3.43. The van der Waals surface area contributed by atoms with E-state index in [1.54, 1.807) is 0 Å². The first-order valence-corrected chi connectivity index (χ1v) is 6.44. The SMILES string of the molecule is CCOC(C(=O)c1cc2ccccc2o1)C1CC1. The van der Waals surface area contributed by atoms with Crippen molar-refractivity contribution in [2.75, 3.05) is 6.61 Å². The second kappa shape index (κ2) is 4.58. The summed E-state index contributed by atoms with van der Waals surface area (Å²) in [5.41, 5.74) is 0.756. The monoisotopic (exact) mass is 244 g/mol. The molecule has 1 aliphatic carbocycles. The molecule has 1 atom stereocenters. The summed E-state index contributed by atoms with van der Waals surface area (Å²) < 4.78 is 11.2. The summed E-state index contributed by atoms with van der Waals surface area (Å²) in [7, 11) is 0. The number of fused-ring (bicyclic) bond motifs is 1. The first kappa shape index (κ1) is 11.5. The van der Waals surface area contributed by atoms with Crippen molar-refractivity contribution in [2.45, 2.75) is 25.9 Å². The van der Waals surface area contributed by atoms with Gasteiger partial charge in [-0.3, -0.25) is 4.79 Å². The average Bonchev–Trinajstić information content (AvgIpc) is 3.13. The zero-order chi connectivity index (χ0) is 12.5. The van der Waals surface area contributed by atoms with Crippen molar-refractivity contribution in [2.24, 2.45) is 5.92 Å². The van der Waals surface area contributed by atoms with Crippen LogP contribution in [0.5, 0.6) is 0 Å². The highest BCUT2D eigenvalue weighted by Crippen LogP contribution is 2.36. The molecule has 1 aliphatic rings. The van der Waals surface area contributed by atoms with E-state index in [0.717, 1.165) is 23.8 Å². The van der Waals surface area contributed by atoms with Crippen LogP contribution in [0.25, 0.3) is 11.0 Å². The third-order valence-electron chi connectivity index (χ3n) is 3.32. The molecule has 1 saturated carbocycles. The van der Waals surface area contributed by atoms with E-state index in [-0.39, 0.29) is 11.9 Å². The number of hydrogen-bond donors (Lipinski definition) is 0. The Morgan fingerprint density at radius 2 is 2.22 bits per heavy atom. The molecule has 0 N–H and O–H groups in total. The molecular formula is C15H16O3. The minimum Gasteiger partial charge on any atom is -0.453 e. The van der Waals surface area contributed by atoms with E-state index in [4.69, 9.17) is 9.15 Å². The topological polar surface area (TPSA) is 39.4 Å². The Labute approximate surface area is 106 Å². The molecule has 3 nitrogen and oxygen atoms in total. The number of carbonyl (C=O) groups excluding carboxylic acids is 1. The van der Waals surface area contributed by atoms with Gasteiger partial charge in [0.05, 0.1) is 0 Å². The number of para-hydroxylation sites is 1. The van der Waals surface area contributed by atoms with Crippen LogP contribution in [0.4, 0.5) is 0 Å². The molecule has 2 aromatic rings. The largest absolute Gasteiger partial charge is 0.453 e. The number of hydrogen-bond acceptors (Lipinski definition) is 3. The Morgan fingerprint density at radius 1 is 1.44 bits per heavy atom. The van der Waals surface area contributed by atoms with E-state index in [1.165, 1.54) is 0 Å². The smallest absolute Gasteiger partial charge is 0.226 e. The van der Waals surface area contributed by atoms with Crippen molar-refractivity contribution in [3.63, 3.8) is 0 Å². The second-order valence-corrected chi connectivity index (χ2v) is 4.73. The van der Waals surface area contributed by atoms with Gasteiger partial charge in [0.1, 0.15) is 11.7 Å². The van der Waals surface area contributed by atoms with Gasteiger partial charge in [-0.15, -0.1) is 0 Å². The van der Waals surface area contributed by atoms with Gasteiger partial charge in [0.25, 0.3) is 0 Å². The Bertz CT molecular complexity index is 533. The van der Waals surface area contributed by atoms with Crippen molar-refractivity contribution in [1.29, 1.82) is 0 Å². The van der Waals surface area contributed by atoms with E-state index >= 15 is 0 Å². The summed E-state index contributed by atoms with van der Waals surface area (Å²) in [5.74, 6) is 0.780. The van der Waals surface area contributed by atoms with Crippen LogP contribution in [-0.4, -0.2) is 18.5 Å². The third kappa shape index (κ3) is 2.06. The normalized spacial score (nSPS) is 16.9. The molecule has 3 rings (SSSR count). The fourth-order valence-electron chi connectivity index (χ4n) is 2.25. The maximum Gasteiger partial charge on any atom is 0.226 e. The number of benzene rings is 1. The highest BCUT2D eigenvalue weighted by molar-refractivity contribution is 6.00. The van der Waals surface area contributed by atoms with E-state index in [2.05, 4.69) is 0 Å². The summed E-state index contributed by atoms with van der Waals surface area (Å²) in [5, 5.41) is 0.965. The first-order chi connectivity index (χ1) is 8.79. The molecule has 1 fully saturated rings. The van der Waals surface area contributed by atoms with Gasteiger partial charge in [-0.2, -0.15) is 0 Å². The van der Waals surface area contributed by atoms with Crippen LogP contribution in [0.15, 0.2) is 34.7 Å². The molecule has 1 aromatic carbocycles. The molecule has 1 aromatic heterocycles. The highest BCUT2D eigenvalue weighted by Gasteiger charge is 2.38. The number of ketones is 1. The van der Waals surface area contributed by atoms with Crippen molar-refractivity contribution < 1.29 is 13.9 Å². The van der Waals surface area contributed by atoms with Gasteiger partial charge in [-0.1, -0.05) is 18.2 Å². The molecule has 0 saturated heterocycles. The van der Waals surface area contributed by atoms with Crippen molar-refractivity contribution in [3.8, 4) is 0 Å². The van der Waals surface area contributed by atoms with Crippen molar-refractivity contribution in [3.05, 3.63) is 36.1 Å². The molecule has 94 valence electrons. The van der Waals surface area contributed by atoms with Crippen LogP contribution in [-0.2, 0) is 4.74 Å². The third-order valence-corrected chi connectivity index (χ3v) is 3.32. The van der Waals surface area contributed by atoms with Gasteiger partial charge < -0.3 is 9.15 Å². The predicted molar refractivity (Wildman–Crippen MR) is 68.7 cm³/mol. The lowest BCUT2D eigenvalue weighted by Crippen LogP contribution is -2.26. The lowest BCUT2D eigenvalue weighted by Gasteiger charge is -2.13. The zero-order valence-corrected chi connectivity index (χ0v) is 10.4. The Morgan fingerprint density at radius 3 is 2.89 bits per heavy atom. The van der Waals surface area contributed by atoms with Gasteiger partial charge >= 0.3 is 0 Å². The Kier molecular flexibility index (Phi) is 2.92. The summed E-state index contributed by atoms with van der Waals surface area (Å²) in [6, 6.07) is 9.47. The van der Waals surface area contributed by atoms with E-state index in [0.29, 0.717) is 18.3 Å². The van der Waals surface area contributed by atoms with Gasteiger partial charge in [0.15, 0.2) is 5.76 Å². The lowest BCUT2D eigenvalue weighted by molar-refractivity contribution is 0.0353. The standard InChI is InChI=1S/C15H16O3/c1-2-17-15(10-7-8-10)14(16)13-9-11-5-3-4-6-12(11)18-13/h3-6,9-10,15H,2,7-8H2,1H3. The molecule has 3 heteroatoms. The summed E-state index contributed by atoms with van der Waals surface area (Å²) in [6.07, 6.45) is 1.84. The summed E-state index contributed by atoms with van der Waals surface area (Å²) in [4.78, 5) is 12.4. The van der Waals surface area contributed by atoms with Crippen LogP contribution in [0.3, 0.4) is 0 Å². The van der Waals surface area contributed by atoms with Crippen LogP contribution < -0.4 is 0 Å². The number of rotatable bonds is 5. The van der Waals surface area contributed by atoms with Crippen molar-refractivity contribution >= 4 is 16.8 Å². The molecular weight excluding hydrogens is 228 g/mol. The second-order valence-electron chi connectivity index (χ2n) is 4.73. The maximum absolute atomic E-state index is 12.4. The van der Waals surface area contributed by atoms with Crippen LogP contribution in [0, 0.1) is 5.92 Å².